The molecule has 0 aliphatic rings. The molecule has 76 valence electrons. The van der Waals surface area contributed by atoms with Crippen LogP contribution < -0.4 is 0 Å². The van der Waals surface area contributed by atoms with Crippen LogP contribution in [0.3, 0.4) is 0 Å². The molecule has 0 aliphatic carbocycles. The van der Waals surface area contributed by atoms with E-state index in [-0.39, 0.29) is 5.03 Å². The number of hydrogen-bond acceptors (Lipinski definition) is 2. The number of fused-ring (bicyclic) bond motifs is 1. The van der Waals surface area contributed by atoms with E-state index in [0.29, 0.717) is 11.3 Å². The molecule has 1 aromatic carbocycles. The molecule has 0 fully saturated rings. The standard InChI is InChI=1S/C11H7ClO3/c12-8(6-11(13)14)10-5-7-3-1-2-4-9(7)15-10/h1-6H,(H,13,14)/b8-6+. The quantitative estimate of drug-likeness (QED) is 0.795. The van der Waals surface area contributed by atoms with Crippen molar-refractivity contribution in [3.05, 3.63) is 42.2 Å². The van der Waals surface area contributed by atoms with Gasteiger partial charge < -0.3 is 9.52 Å². The summed E-state index contributed by atoms with van der Waals surface area (Å²) in [5, 5.41) is 9.49. The predicted molar refractivity (Wildman–Crippen MR) is 57.7 cm³/mol. The van der Waals surface area contributed by atoms with Crippen LogP contribution in [0, 0.1) is 0 Å². The molecule has 1 N–H and O–H groups in total. The Morgan fingerprint density at radius 1 is 1.40 bits per heavy atom. The van der Waals surface area contributed by atoms with Crippen molar-refractivity contribution in [2.45, 2.75) is 0 Å². The third kappa shape index (κ3) is 2.02. The maximum atomic E-state index is 10.4. The fraction of sp³-hybridized carbons (Fsp3) is 0. The zero-order chi connectivity index (χ0) is 10.8. The molecule has 15 heavy (non-hydrogen) atoms. The highest BCUT2D eigenvalue weighted by atomic mass is 35.5. The van der Waals surface area contributed by atoms with E-state index in [1.54, 1.807) is 12.1 Å². The van der Waals surface area contributed by atoms with E-state index in [1.807, 2.05) is 18.2 Å². The van der Waals surface area contributed by atoms with Gasteiger partial charge in [0, 0.05) is 11.5 Å². The van der Waals surface area contributed by atoms with Crippen molar-refractivity contribution in [3.63, 3.8) is 0 Å². The Morgan fingerprint density at radius 2 is 2.13 bits per heavy atom. The number of rotatable bonds is 2. The van der Waals surface area contributed by atoms with Gasteiger partial charge in [0.2, 0.25) is 0 Å². The summed E-state index contributed by atoms with van der Waals surface area (Å²) < 4.78 is 5.37. The number of carboxylic acids is 1. The number of halogens is 1. The van der Waals surface area contributed by atoms with E-state index >= 15 is 0 Å². The van der Waals surface area contributed by atoms with Gasteiger partial charge in [-0.3, -0.25) is 0 Å². The van der Waals surface area contributed by atoms with Gasteiger partial charge in [-0.2, -0.15) is 0 Å². The molecule has 0 atom stereocenters. The van der Waals surface area contributed by atoms with E-state index in [0.717, 1.165) is 11.5 Å². The first-order valence-corrected chi connectivity index (χ1v) is 4.63. The molecule has 3 nitrogen and oxygen atoms in total. The van der Waals surface area contributed by atoms with Crippen LogP contribution in [0.1, 0.15) is 5.76 Å². The number of benzene rings is 1. The molecule has 0 saturated heterocycles. The highest BCUT2D eigenvalue weighted by Crippen LogP contribution is 2.26. The molecule has 4 heteroatoms. The van der Waals surface area contributed by atoms with Crippen LogP contribution in [0.4, 0.5) is 0 Å². The summed E-state index contributed by atoms with van der Waals surface area (Å²) in [6.07, 6.45) is 0.902. The second-order valence-corrected chi connectivity index (χ2v) is 3.39. The van der Waals surface area contributed by atoms with Gasteiger partial charge in [-0.05, 0) is 12.1 Å². The van der Waals surface area contributed by atoms with E-state index in [2.05, 4.69) is 0 Å². The van der Waals surface area contributed by atoms with Crippen LogP contribution in [0.15, 0.2) is 40.8 Å². The Bertz CT molecular complexity index is 507. The minimum absolute atomic E-state index is 0.0821. The van der Waals surface area contributed by atoms with Crippen molar-refractivity contribution in [3.8, 4) is 0 Å². The van der Waals surface area contributed by atoms with Crippen LogP contribution in [-0.4, -0.2) is 11.1 Å². The first-order valence-electron chi connectivity index (χ1n) is 4.26. The second kappa shape index (κ2) is 3.79. The molecule has 0 unspecified atom stereocenters. The molecule has 0 spiro atoms. The Kier molecular flexibility index (Phi) is 2.47. The van der Waals surface area contributed by atoms with Crippen LogP contribution >= 0.6 is 11.6 Å². The fourth-order valence-electron chi connectivity index (χ4n) is 1.28. The smallest absolute Gasteiger partial charge is 0.329 e. The number of carboxylic acid groups (broad SMARTS) is 1. The van der Waals surface area contributed by atoms with Gasteiger partial charge in [-0.25, -0.2) is 4.79 Å². The first-order chi connectivity index (χ1) is 7.16. The Balaban J connectivity index is 2.49. The Morgan fingerprint density at radius 3 is 2.80 bits per heavy atom. The van der Waals surface area contributed by atoms with Gasteiger partial charge in [-0.15, -0.1) is 0 Å². The molecule has 0 aliphatic heterocycles. The van der Waals surface area contributed by atoms with E-state index in [9.17, 15) is 4.79 Å². The summed E-state index contributed by atoms with van der Waals surface area (Å²) in [5.74, 6) is -0.735. The maximum Gasteiger partial charge on any atom is 0.329 e. The zero-order valence-corrected chi connectivity index (χ0v) is 8.36. The second-order valence-electron chi connectivity index (χ2n) is 2.98. The third-order valence-corrected chi connectivity index (χ3v) is 2.21. The summed E-state index contributed by atoms with van der Waals surface area (Å²) in [7, 11) is 0. The van der Waals surface area contributed by atoms with E-state index in [1.165, 1.54) is 0 Å². The summed E-state index contributed by atoms with van der Waals surface area (Å²) >= 11 is 5.76. The van der Waals surface area contributed by atoms with Crippen LogP contribution in [-0.2, 0) is 4.79 Å². The summed E-state index contributed by atoms with van der Waals surface area (Å²) in [6, 6.07) is 9.08. The summed E-state index contributed by atoms with van der Waals surface area (Å²) in [5.41, 5.74) is 0.685. The van der Waals surface area contributed by atoms with Crippen molar-refractivity contribution in [1.29, 1.82) is 0 Å². The number of para-hydroxylation sites is 1. The van der Waals surface area contributed by atoms with Gasteiger partial charge in [0.15, 0.2) is 0 Å². The first kappa shape index (κ1) is 9.80. The molecule has 1 aromatic heterocycles. The minimum atomic E-state index is -1.10. The zero-order valence-electron chi connectivity index (χ0n) is 7.61. The van der Waals surface area contributed by atoms with Crippen molar-refractivity contribution >= 4 is 33.6 Å². The molecule has 0 amide bonds. The molecule has 2 rings (SSSR count). The molecule has 1 heterocycles. The number of aliphatic carboxylic acids is 1. The minimum Gasteiger partial charge on any atom is -0.478 e. The van der Waals surface area contributed by atoms with Gasteiger partial charge in [-0.1, -0.05) is 29.8 Å². The normalized spacial score (nSPS) is 11.9. The largest absolute Gasteiger partial charge is 0.478 e. The monoisotopic (exact) mass is 222 g/mol. The van der Waals surface area contributed by atoms with Crippen LogP contribution in [0.2, 0.25) is 0 Å². The number of furan rings is 1. The Hall–Kier alpha value is -1.74. The molecular formula is C11H7ClO3. The van der Waals surface area contributed by atoms with E-state index in [4.69, 9.17) is 21.1 Å². The Labute approximate surface area is 90.6 Å². The van der Waals surface area contributed by atoms with Crippen LogP contribution in [0.25, 0.3) is 16.0 Å². The average Bonchev–Trinajstić information content (AvgIpc) is 2.59. The van der Waals surface area contributed by atoms with Gasteiger partial charge >= 0.3 is 5.97 Å². The molecule has 0 radical (unpaired) electrons. The van der Waals surface area contributed by atoms with Crippen LogP contribution in [0.5, 0.6) is 0 Å². The van der Waals surface area contributed by atoms with Crippen molar-refractivity contribution in [1.82, 2.24) is 0 Å². The topological polar surface area (TPSA) is 50.4 Å². The SMILES string of the molecule is O=C(O)/C=C(/Cl)c1cc2ccccc2o1. The lowest BCUT2D eigenvalue weighted by atomic mass is 10.2. The number of carbonyl (C=O) groups is 1. The van der Waals surface area contributed by atoms with Crippen molar-refractivity contribution in [2.75, 3.05) is 0 Å². The molecule has 2 aromatic rings. The van der Waals surface area contributed by atoms with Gasteiger partial charge in [0.1, 0.15) is 11.3 Å². The third-order valence-electron chi connectivity index (χ3n) is 1.91. The van der Waals surface area contributed by atoms with Crippen molar-refractivity contribution < 1.29 is 14.3 Å². The predicted octanol–water partition coefficient (Wildman–Crippen LogP) is 3.10. The highest BCUT2D eigenvalue weighted by Gasteiger charge is 2.07. The van der Waals surface area contributed by atoms with Gasteiger partial charge in [0.05, 0.1) is 5.03 Å². The highest BCUT2D eigenvalue weighted by molar-refractivity contribution is 6.49. The lowest BCUT2D eigenvalue weighted by Gasteiger charge is -1.89. The summed E-state index contributed by atoms with van der Waals surface area (Å²) in [4.78, 5) is 10.4. The summed E-state index contributed by atoms with van der Waals surface area (Å²) in [6.45, 7) is 0. The van der Waals surface area contributed by atoms with Crippen molar-refractivity contribution in [2.24, 2.45) is 0 Å². The molecular weight excluding hydrogens is 216 g/mol. The fourth-order valence-corrected chi connectivity index (χ4v) is 1.47. The average molecular weight is 223 g/mol. The maximum absolute atomic E-state index is 10.4. The number of hydrogen-bond donors (Lipinski definition) is 1. The molecule has 0 bridgehead atoms. The molecule has 0 saturated carbocycles. The van der Waals surface area contributed by atoms with Gasteiger partial charge in [0.25, 0.3) is 0 Å². The van der Waals surface area contributed by atoms with E-state index < -0.39 is 5.97 Å². The lowest BCUT2D eigenvalue weighted by Crippen LogP contribution is -1.87. The lowest BCUT2D eigenvalue weighted by molar-refractivity contribution is -0.131.